The molecule has 0 aliphatic carbocycles. The van der Waals surface area contributed by atoms with Crippen molar-refractivity contribution in [3.63, 3.8) is 0 Å². The summed E-state index contributed by atoms with van der Waals surface area (Å²) in [5, 5.41) is 8.59. The Morgan fingerprint density at radius 2 is 2.00 bits per heavy atom. The van der Waals surface area contributed by atoms with E-state index in [2.05, 4.69) is 37.3 Å². The van der Waals surface area contributed by atoms with Gasteiger partial charge in [-0.1, -0.05) is 29.8 Å². The van der Waals surface area contributed by atoms with Gasteiger partial charge in [-0.15, -0.1) is 0 Å². The highest BCUT2D eigenvalue weighted by Gasteiger charge is 2.22. The van der Waals surface area contributed by atoms with Gasteiger partial charge < -0.3 is 10.2 Å². The number of nitrogens with zero attached hydrogens (tertiary/aromatic N) is 4. The monoisotopic (exact) mass is 419 g/mol. The second-order valence-corrected chi connectivity index (χ2v) is 7.52. The van der Waals surface area contributed by atoms with Crippen LogP contribution in [0.4, 0.5) is 5.82 Å². The molecule has 5 nitrogen and oxygen atoms in total. The van der Waals surface area contributed by atoms with Gasteiger partial charge in [-0.2, -0.15) is 9.61 Å². The van der Waals surface area contributed by atoms with Crippen LogP contribution in [-0.2, 0) is 0 Å². The molecule has 3 heterocycles. The number of fused-ring (bicyclic) bond motifs is 1. The molecule has 1 aromatic carbocycles. The van der Waals surface area contributed by atoms with Crippen molar-refractivity contribution in [3.05, 3.63) is 46.0 Å². The standard InChI is InChI=1S/C18H19BrClN5/c1-21-12-6-8-24(9-7-12)17-10-16(13-4-2-3-5-15(13)20)23-18-14(19)11-22-25(17)18/h2-5,10-12,21H,6-9H2,1H3. The van der Waals surface area contributed by atoms with Crippen molar-refractivity contribution in [3.8, 4) is 11.3 Å². The van der Waals surface area contributed by atoms with Crippen molar-refractivity contribution < 1.29 is 0 Å². The van der Waals surface area contributed by atoms with Crippen LogP contribution in [0.5, 0.6) is 0 Å². The zero-order chi connectivity index (χ0) is 17.4. The predicted octanol–water partition coefficient (Wildman–Crippen LogP) is 4.00. The number of rotatable bonds is 3. The molecule has 0 spiro atoms. The molecule has 4 rings (SSSR count). The number of nitrogens with one attached hydrogen (secondary N) is 1. The van der Waals surface area contributed by atoms with Crippen molar-refractivity contribution >= 4 is 39.0 Å². The molecule has 1 N–H and O–H groups in total. The van der Waals surface area contributed by atoms with Gasteiger partial charge in [0, 0.05) is 35.8 Å². The van der Waals surface area contributed by atoms with E-state index in [0.29, 0.717) is 11.1 Å². The summed E-state index contributed by atoms with van der Waals surface area (Å²) in [6.45, 7) is 1.98. The summed E-state index contributed by atoms with van der Waals surface area (Å²) in [5.41, 5.74) is 2.61. The van der Waals surface area contributed by atoms with Gasteiger partial charge in [-0.05, 0) is 41.9 Å². The number of hydrogen-bond acceptors (Lipinski definition) is 4. The molecule has 1 saturated heterocycles. The first kappa shape index (κ1) is 16.8. The molecule has 0 unspecified atom stereocenters. The Kier molecular flexibility index (Phi) is 4.67. The Labute approximate surface area is 160 Å². The average molecular weight is 421 g/mol. The molecule has 0 radical (unpaired) electrons. The summed E-state index contributed by atoms with van der Waals surface area (Å²) in [4.78, 5) is 7.16. The van der Waals surface area contributed by atoms with E-state index in [0.717, 1.165) is 53.1 Å². The summed E-state index contributed by atoms with van der Waals surface area (Å²) < 4.78 is 2.79. The van der Waals surface area contributed by atoms with E-state index in [4.69, 9.17) is 16.6 Å². The minimum atomic E-state index is 0.584. The van der Waals surface area contributed by atoms with E-state index in [-0.39, 0.29) is 0 Å². The first-order valence-electron chi connectivity index (χ1n) is 8.39. The molecule has 7 heteroatoms. The van der Waals surface area contributed by atoms with Crippen LogP contribution in [0.3, 0.4) is 0 Å². The van der Waals surface area contributed by atoms with E-state index in [1.807, 2.05) is 35.8 Å². The Hall–Kier alpha value is -1.63. The van der Waals surface area contributed by atoms with E-state index in [1.165, 1.54) is 0 Å². The molecule has 0 saturated carbocycles. The largest absolute Gasteiger partial charge is 0.356 e. The fraction of sp³-hybridized carbons (Fsp3) is 0.333. The Morgan fingerprint density at radius 1 is 1.24 bits per heavy atom. The zero-order valence-electron chi connectivity index (χ0n) is 13.9. The number of hydrogen-bond donors (Lipinski definition) is 1. The smallest absolute Gasteiger partial charge is 0.172 e. The highest BCUT2D eigenvalue weighted by molar-refractivity contribution is 9.10. The van der Waals surface area contributed by atoms with Crippen molar-refractivity contribution in [1.29, 1.82) is 0 Å². The second-order valence-electron chi connectivity index (χ2n) is 6.26. The first-order chi connectivity index (χ1) is 12.2. The zero-order valence-corrected chi connectivity index (χ0v) is 16.3. The van der Waals surface area contributed by atoms with Crippen LogP contribution in [0.1, 0.15) is 12.8 Å². The topological polar surface area (TPSA) is 45.5 Å². The van der Waals surface area contributed by atoms with E-state index < -0.39 is 0 Å². The van der Waals surface area contributed by atoms with Crippen LogP contribution in [0.15, 0.2) is 41.0 Å². The van der Waals surface area contributed by atoms with Crippen LogP contribution >= 0.6 is 27.5 Å². The lowest BCUT2D eigenvalue weighted by Gasteiger charge is -2.33. The van der Waals surface area contributed by atoms with Gasteiger partial charge in [0.2, 0.25) is 0 Å². The van der Waals surface area contributed by atoms with Crippen LogP contribution in [0, 0.1) is 0 Å². The molecule has 1 aliphatic rings. The van der Waals surface area contributed by atoms with Crippen LogP contribution in [-0.4, -0.2) is 40.8 Å². The van der Waals surface area contributed by atoms with E-state index in [1.54, 1.807) is 6.20 Å². The SMILES string of the molecule is CNC1CCN(c2cc(-c3ccccc3Cl)nc3c(Br)cnn23)CC1. The molecule has 0 atom stereocenters. The van der Waals surface area contributed by atoms with Crippen LogP contribution in [0.2, 0.25) is 5.02 Å². The van der Waals surface area contributed by atoms with Gasteiger partial charge in [-0.3, -0.25) is 0 Å². The molecule has 2 aromatic heterocycles. The van der Waals surface area contributed by atoms with Gasteiger partial charge in [0.1, 0.15) is 5.82 Å². The fourth-order valence-electron chi connectivity index (χ4n) is 3.35. The van der Waals surface area contributed by atoms with Crippen molar-refractivity contribution in [1.82, 2.24) is 19.9 Å². The molecular weight excluding hydrogens is 402 g/mol. The van der Waals surface area contributed by atoms with E-state index in [9.17, 15) is 0 Å². The normalized spacial score (nSPS) is 15.9. The van der Waals surface area contributed by atoms with Gasteiger partial charge >= 0.3 is 0 Å². The molecule has 130 valence electrons. The van der Waals surface area contributed by atoms with Crippen molar-refractivity contribution in [2.24, 2.45) is 0 Å². The number of benzene rings is 1. The van der Waals surface area contributed by atoms with Crippen molar-refractivity contribution in [2.75, 3.05) is 25.0 Å². The molecule has 0 bridgehead atoms. The van der Waals surface area contributed by atoms with Gasteiger partial charge in [0.05, 0.1) is 16.4 Å². The second kappa shape index (κ2) is 6.94. The Morgan fingerprint density at radius 3 is 2.72 bits per heavy atom. The molecule has 1 aliphatic heterocycles. The minimum absolute atomic E-state index is 0.584. The third-order valence-corrected chi connectivity index (χ3v) is 5.68. The fourth-order valence-corrected chi connectivity index (χ4v) is 3.93. The summed E-state index contributed by atoms with van der Waals surface area (Å²) in [7, 11) is 2.03. The first-order valence-corrected chi connectivity index (χ1v) is 9.56. The quantitative estimate of drug-likeness (QED) is 0.695. The molecular formula is C18H19BrClN5. The summed E-state index contributed by atoms with van der Waals surface area (Å²) in [6, 6.07) is 10.5. The van der Waals surface area contributed by atoms with Gasteiger partial charge in [-0.25, -0.2) is 4.98 Å². The number of piperidine rings is 1. The average Bonchev–Trinajstić information content (AvgIpc) is 3.02. The number of anilines is 1. The highest BCUT2D eigenvalue weighted by atomic mass is 79.9. The maximum Gasteiger partial charge on any atom is 0.172 e. The van der Waals surface area contributed by atoms with Crippen LogP contribution in [0.25, 0.3) is 16.9 Å². The summed E-state index contributed by atoms with van der Waals surface area (Å²) in [6.07, 6.45) is 4.02. The lowest BCUT2D eigenvalue weighted by Crippen LogP contribution is -2.42. The Bertz CT molecular complexity index is 902. The minimum Gasteiger partial charge on any atom is -0.356 e. The maximum atomic E-state index is 6.40. The molecule has 0 amide bonds. The van der Waals surface area contributed by atoms with E-state index >= 15 is 0 Å². The predicted molar refractivity (Wildman–Crippen MR) is 105 cm³/mol. The lowest BCUT2D eigenvalue weighted by atomic mass is 10.1. The van der Waals surface area contributed by atoms with Crippen LogP contribution < -0.4 is 10.2 Å². The maximum absolute atomic E-state index is 6.40. The summed E-state index contributed by atoms with van der Waals surface area (Å²) in [5.74, 6) is 1.06. The Balaban J connectivity index is 1.82. The lowest BCUT2D eigenvalue weighted by molar-refractivity contribution is 0.439. The number of aromatic nitrogens is 3. The summed E-state index contributed by atoms with van der Waals surface area (Å²) >= 11 is 9.97. The molecule has 1 fully saturated rings. The third-order valence-electron chi connectivity index (χ3n) is 4.79. The van der Waals surface area contributed by atoms with Gasteiger partial charge in [0.25, 0.3) is 0 Å². The molecule has 3 aromatic rings. The highest BCUT2D eigenvalue weighted by Crippen LogP contribution is 2.32. The van der Waals surface area contributed by atoms with Gasteiger partial charge in [0.15, 0.2) is 5.65 Å². The van der Waals surface area contributed by atoms with Crippen molar-refractivity contribution in [2.45, 2.75) is 18.9 Å². The molecule has 25 heavy (non-hydrogen) atoms. The number of halogens is 2. The third kappa shape index (κ3) is 3.14.